The maximum Gasteiger partial charge on any atom is 0.233 e. The fourth-order valence-electron chi connectivity index (χ4n) is 1.92. The van der Waals surface area contributed by atoms with E-state index in [1.54, 1.807) is 0 Å². The largest absolute Gasteiger partial charge is 0.376 e. The highest BCUT2D eigenvalue weighted by Gasteiger charge is 2.17. The third kappa shape index (κ3) is 4.92. The third-order valence-electron chi connectivity index (χ3n) is 2.97. The number of morpholine rings is 1. The predicted octanol–water partition coefficient (Wildman–Crippen LogP) is 0.257. The van der Waals surface area contributed by atoms with Gasteiger partial charge in [0.15, 0.2) is 0 Å². The molecule has 1 aliphatic rings. The maximum atomic E-state index is 10.9. The molecule has 1 fully saturated rings. The van der Waals surface area contributed by atoms with Crippen LogP contribution in [-0.4, -0.2) is 43.2 Å². The Morgan fingerprint density at radius 2 is 2.38 bits per heavy atom. The first kappa shape index (κ1) is 13.4. The number of rotatable bonds is 6. The summed E-state index contributed by atoms with van der Waals surface area (Å²) in [6.07, 6.45) is 3.94. The van der Waals surface area contributed by atoms with Gasteiger partial charge in [-0.1, -0.05) is 6.92 Å². The summed E-state index contributed by atoms with van der Waals surface area (Å²) in [4.78, 5) is 13.3. The van der Waals surface area contributed by atoms with Crippen molar-refractivity contribution >= 4 is 5.91 Å². The molecule has 1 saturated heterocycles. The van der Waals surface area contributed by atoms with Crippen molar-refractivity contribution in [2.45, 2.75) is 38.7 Å². The highest BCUT2D eigenvalue weighted by molar-refractivity contribution is 5.75. The van der Waals surface area contributed by atoms with Crippen LogP contribution in [0.4, 0.5) is 0 Å². The number of nitrogens with one attached hydrogen (secondary N) is 1. The van der Waals surface area contributed by atoms with Gasteiger partial charge in [0, 0.05) is 19.5 Å². The lowest BCUT2D eigenvalue weighted by molar-refractivity contribution is -0.121. The normalized spacial score (nSPS) is 22.0. The molecule has 94 valence electrons. The molecule has 0 aromatic rings. The molecule has 0 aliphatic carbocycles. The Morgan fingerprint density at radius 3 is 3.06 bits per heavy atom. The minimum atomic E-state index is -0.0755. The van der Waals surface area contributed by atoms with Crippen LogP contribution in [0.1, 0.15) is 32.6 Å². The van der Waals surface area contributed by atoms with Crippen LogP contribution in [-0.2, 0) is 9.53 Å². The van der Waals surface area contributed by atoms with Gasteiger partial charge in [0.25, 0.3) is 0 Å². The van der Waals surface area contributed by atoms with E-state index in [9.17, 15) is 4.79 Å². The molecule has 16 heavy (non-hydrogen) atoms. The highest BCUT2D eigenvalue weighted by Crippen LogP contribution is 2.09. The Kier molecular flexibility index (Phi) is 6.37. The lowest BCUT2D eigenvalue weighted by Crippen LogP contribution is -2.42. The van der Waals surface area contributed by atoms with Crippen LogP contribution in [0.25, 0.3) is 0 Å². The zero-order chi connectivity index (χ0) is 11.8. The van der Waals surface area contributed by atoms with E-state index < -0.39 is 0 Å². The molecule has 0 saturated carbocycles. The van der Waals surface area contributed by atoms with E-state index in [1.807, 2.05) is 0 Å². The molecule has 5 heteroatoms. The molecule has 1 atom stereocenters. The van der Waals surface area contributed by atoms with Crippen LogP contribution in [0.2, 0.25) is 0 Å². The number of nitrogens with two attached hydrogens (primary N) is 1. The first-order chi connectivity index (χ1) is 7.76. The summed E-state index contributed by atoms with van der Waals surface area (Å²) in [5, 5.41) is 0. The average Bonchev–Trinajstić information content (AvgIpc) is 2.34. The smallest absolute Gasteiger partial charge is 0.233 e. The average molecular weight is 229 g/mol. The number of hydrazine groups is 1. The number of amides is 1. The van der Waals surface area contributed by atoms with Crippen LogP contribution in [0.15, 0.2) is 0 Å². The van der Waals surface area contributed by atoms with E-state index in [4.69, 9.17) is 10.6 Å². The van der Waals surface area contributed by atoms with Crippen molar-refractivity contribution in [3.63, 3.8) is 0 Å². The number of hydrogen-bond donors (Lipinski definition) is 2. The van der Waals surface area contributed by atoms with Crippen LogP contribution < -0.4 is 11.3 Å². The van der Waals surface area contributed by atoms with E-state index in [2.05, 4.69) is 17.2 Å². The van der Waals surface area contributed by atoms with Crippen molar-refractivity contribution in [2.24, 2.45) is 5.84 Å². The Labute approximate surface area is 97.3 Å². The molecule has 1 heterocycles. The summed E-state index contributed by atoms with van der Waals surface area (Å²) in [6.45, 7) is 6.08. The summed E-state index contributed by atoms with van der Waals surface area (Å²) >= 11 is 0. The molecule has 0 radical (unpaired) electrons. The fourth-order valence-corrected chi connectivity index (χ4v) is 1.92. The second-order valence-electron chi connectivity index (χ2n) is 4.23. The fraction of sp³-hybridized carbons (Fsp3) is 0.909. The van der Waals surface area contributed by atoms with Gasteiger partial charge in [0.05, 0.1) is 12.7 Å². The molecule has 1 amide bonds. The molecule has 3 N–H and O–H groups in total. The van der Waals surface area contributed by atoms with Crippen LogP contribution in [0, 0.1) is 0 Å². The van der Waals surface area contributed by atoms with Gasteiger partial charge in [-0.05, 0) is 25.8 Å². The zero-order valence-corrected chi connectivity index (χ0v) is 10.1. The van der Waals surface area contributed by atoms with E-state index >= 15 is 0 Å². The Hall–Kier alpha value is -0.650. The third-order valence-corrected chi connectivity index (χ3v) is 2.97. The summed E-state index contributed by atoms with van der Waals surface area (Å²) < 4.78 is 5.60. The van der Waals surface area contributed by atoms with Crippen LogP contribution in [0.3, 0.4) is 0 Å². The second kappa shape index (κ2) is 7.60. The molecule has 0 bridgehead atoms. The standard InChI is InChI=1S/C11H23N3O2/c1-2-10-9-14(7-8-16-10)6-4-3-5-11(15)13-12/h10H,2-9,12H2,1H3,(H,13,15). The van der Waals surface area contributed by atoms with Crippen molar-refractivity contribution in [3.05, 3.63) is 0 Å². The van der Waals surface area contributed by atoms with Gasteiger partial charge in [-0.3, -0.25) is 15.1 Å². The molecular weight excluding hydrogens is 206 g/mol. The summed E-state index contributed by atoms with van der Waals surface area (Å²) in [5.41, 5.74) is 2.15. The number of carbonyl (C=O) groups is 1. The van der Waals surface area contributed by atoms with E-state index in [1.165, 1.54) is 0 Å². The van der Waals surface area contributed by atoms with Gasteiger partial charge in [-0.15, -0.1) is 0 Å². The topological polar surface area (TPSA) is 67.6 Å². The second-order valence-corrected chi connectivity index (χ2v) is 4.23. The number of nitrogens with zero attached hydrogens (tertiary/aromatic N) is 1. The van der Waals surface area contributed by atoms with E-state index in [0.717, 1.165) is 45.5 Å². The Morgan fingerprint density at radius 1 is 1.56 bits per heavy atom. The summed E-state index contributed by atoms with van der Waals surface area (Å²) in [5.74, 6) is 4.93. The molecule has 0 aromatic heterocycles. The number of hydrogen-bond acceptors (Lipinski definition) is 4. The Balaban J connectivity index is 2.06. The monoisotopic (exact) mass is 229 g/mol. The van der Waals surface area contributed by atoms with Crippen LogP contribution in [0.5, 0.6) is 0 Å². The first-order valence-electron chi connectivity index (χ1n) is 6.09. The van der Waals surface area contributed by atoms with Crippen molar-refractivity contribution in [3.8, 4) is 0 Å². The zero-order valence-electron chi connectivity index (χ0n) is 10.1. The molecule has 0 spiro atoms. The molecular formula is C11H23N3O2. The van der Waals surface area contributed by atoms with Gasteiger partial charge in [-0.2, -0.15) is 0 Å². The summed E-state index contributed by atoms with van der Waals surface area (Å²) in [6, 6.07) is 0. The Bertz CT molecular complexity index is 211. The minimum Gasteiger partial charge on any atom is -0.376 e. The van der Waals surface area contributed by atoms with Crippen molar-refractivity contribution in [2.75, 3.05) is 26.2 Å². The summed E-state index contributed by atoms with van der Waals surface area (Å²) in [7, 11) is 0. The van der Waals surface area contributed by atoms with Crippen molar-refractivity contribution < 1.29 is 9.53 Å². The molecule has 1 rings (SSSR count). The van der Waals surface area contributed by atoms with E-state index in [-0.39, 0.29) is 5.91 Å². The quantitative estimate of drug-likeness (QED) is 0.297. The van der Waals surface area contributed by atoms with E-state index in [0.29, 0.717) is 12.5 Å². The van der Waals surface area contributed by atoms with Gasteiger partial charge < -0.3 is 4.74 Å². The van der Waals surface area contributed by atoms with Crippen LogP contribution >= 0.6 is 0 Å². The number of unbranched alkanes of at least 4 members (excludes halogenated alkanes) is 1. The maximum absolute atomic E-state index is 10.9. The van der Waals surface area contributed by atoms with Crippen molar-refractivity contribution in [1.29, 1.82) is 0 Å². The van der Waals surface area contributed by atoms with Gasteiger partial charge in [-0.25, -0.2) is 5.84 Å². The lowest BCUT2D eigenvalue weighted by Gasteiger charge is -2.32. The first-order valence-corrected chi connectivity index (χ1v) is 6.09. The van der Waals surface area contributed by atoms with Gasteiger partial charge in [0.1, 0.15) is 0 Å². The van der Waals surface area contributed by atoms with Gasteiger partial charge >= 0.3 is 0 Å². The van der Waals surface area contributed by atoms with Gasteiger partial charge in [0.2, 0.25) is 5.91 Å². The van der Waals surface area contributed by atoms with Crippen molar-refractivity contribution in [1.82, 2.24) is 10.3 Å². The predicted molar refractivity (Wildman–Crippen MR) is 62.7 cm³/mol. The minimum absolute atomic E-state index is 0.0755. The molecule has 0 aromatic carbocycles. The number of carbonyl (C=O) groups excluding carboxylic acids is 1. The number of ether oxygens (including phenoxy) is 1. The lowest BCUT2D eigenvalue weighted by atomic mass is 10.2. The molecule has 1 unspecified atom stereocenters. The molecule has 5 nitrogen and oxygen atoms in total. The highest BCUT2D eigenvalue weighted by atomic mass is 16.5. The molecule has 1 aliphatic heterocycles. The SMILES string of the molecule is CCC1CN(CCCCC(=O)NN)CCO1.